The minimum absolute atomic E-state index is 0.0568. The molecule has 1 heterocycles. The average Bonchev–Trinajstić information content (AvgIpc) is 2.74. The predicted molar refractivity (Wildman–Crippen MR) is 116 cm³/mol. The minimum Gasteiger partial charge on any atom is -0.394 e. The van der Waals surface area contributed by atoms with Crippen LogP contribution in [-0.4, -0.2) is 53.3 Å². The summed E-state index contributed by atoms with van der Waals surface area (Å²) in [6.45, 7) is 1.38. The van der Waals surface area contributed by atoms with E-state index in [2.05, 4.69) is 9.44 Å². The molecule has 0 bridgehead atoms. The molecule has 3 atom stereocenters. The number of hydrogen-bond acceptors (Lipinski definition) is 6. The van der Waals surface area contributed by atoms with E-state index in [1.54, 1.807) is 25.1 Å². The fourth-order valence-electron chi connectivity index (χ4n) is 3.67. The van der Waals surface area contributed by atoms with Crippen LogP contribution in [0, 0.1) is 12.7 Å². The van der Waals surface area contributed by atoms with Gasteiger partial charge in [0.15, 0.2) is 0 Å². The van der Waals surface area contributed by atoms with Crippen molar-refractivity contribution >= 4 is 20.0 Å². The third-order valence-corrected chi connectivity index (χ3v) is 8.46. The molecule has 1 aliphatic rings. The van der Waals surface area contributed by atoms with Crippen molar-refractivity contribution in [2.45, 2.75) is 54.2 Å². The highest BCUT2D eigenvalue weighted by Gasteiger charge is 2.34. The molecule has 0 aromatic heterocycles. The van der Waals surface area contributed by atoms with Gasteiger partial charge < -0.3 is 9.84 Å². The second-order valence-electron chi connectivity index (χ2n) is 7.69. The Hall–Kier alpha value is -1.89. The van der Waals surface area contributed by atoms with Crippen LogP contribution in [0.2, 0.25) is 0 Å². The van der Waals surface area contributed by atoms with Gasteiger partial charge in [-0.3, -0.25) is 0 Å². The summed E-state index contributed by atoms with van der Waals surface area (Å²) in [5, 5.41) is 9.72. The molecule has 2 aromatic rings. The van der Waals surface area contributed by atoms with E-state index in [1.807, 2.05) is 0 Å². The van der Waals surface area contributed by atoms with Crippen LogP contribution in [0.4, 0.5) is 4.39 Å². The van der Waals surface area contributed by atoms with Crippen LogP contribution < -0.4 is 9.44 Å². The van der Waals surface area contributed by atoms with Crippen LogP contribution in [0.25, 0.3) is 0 Å². The zero-order valence-corrected chi connectivity index (χ0v) is 19.2. The van der Waals surface area contributed by atoms with Crippen LogP contribution in [0.1, 0.15) is 24.8 Å². The highest BCUT2D eigenvalue weighted by molar-refractivity contribution is 7.89. The zero-order valence-electron chi connectivity index (χ0n) is 17.6. The number of hydrogen-bond donors (Lipinski definition) is 3. The molecule has 1 saturated heterocycles. The lowest BCUT2D eigenvalue weighted by Crippen LogP contribution is -2.51. The van der Waals surface area contributed by atoms with E-state index in [4.69, 9.17) is 4.74 Å². The van der Waals surface area contributed by atoms with E-state index in [1.165, 1.54) is 18.2 Å². The first-order chi connectivity index (χ1) is 15.1. The van der Waals surface area contributed by atoms with E-state index in [-0.39, 0.29) is 29.0 Å². The zero-order chi connectivity index (χ0) is 23.4. The Balaban J connectivity index is 1.56. The fourth-order valence-corrected chi connectivity index (χ4v) is 6.29. The standard InChI is InChI=1S/C21H27FN2O6S2/c1-15-5-2-3-8-21(15)32(28,29)24-19-10-9-17(30-20(19)14-25)11-12-23-31(26,27)18-7-4-6-16(22)13-18/h2-8,13,17,19-20,23-25H,9-12,14H2,1H3/t17-,19-,20+/m1/s1. The summed E-state index contributed by atoms with van der Waals surface area (Å²) in [6, 6.07) is 10.7. The quantitative estimate of drug-likeness (QED) is 0.496. The van der Waals surface area contributed by atoms with Gasteiger partial charge in [-0.25, -0.2) is 30.7 Å². The van der Waals surface area contributed by atoms with Gasteiger partial charge in [-0.1, -0.05) is 24.3 Å². The van der Waals surface area contributed by atoms with Crippen molar-refractivity contribution in [1.29, 1.82) is 0 Å². The molecule has 3 N–H and O–H groups in total. The third kappa shape index (κ3) is 6.12. The maximum Gasteiger partial charge on any atom is 0.241 e. The number of ether oxygens (including phenoxy) is 1. The molecule has 32 heavy (non-hydrogen) atoms. The van der Waals surface area contributed by atoms with E-state index in [0.717, 1.165) is 12.1 Å². The van der Waals surface area contributed by atoms with Gasteiger partial charge >= 0.3 is 0 Å². The van der Waals surface area contributed by atoms with Gasteiger partial charge in [0.1, 0.15) is 5.82 Å². The number of benzene rings is 2. The van der Waals surface area contributed by atoms with Crippen LogP contribution in [0.3, 0.4) is 0 Å². The summed E-state index contributed by atoms with van der Waals surface area (Å²) in [6.07, 6.45) is 0.119. The van der Waals surface area contributed by atoms with Gasteiger partial charge in [0, 0.05) is 6.54 Å². The molecule has 1 aliphatic heterocycles. The van der Waals surface area contributed by atoms with Crippen molar-refractivity contribution in [3.63, 3.8) is 0 Å². The van der Waals surface area contributed by atoms with Gasteiger partial charge in [-0.2, -0.15) is 0 Å². The maximum absolute atomic E-state index is 13.3. The molecule has 3 rings (SSSR count). The number of sulfonamides is 2. The highest BCUT2D eigenvalue weighted by Crippen LogP contribution is 2.24. The van der Waals surface area contributed by atoms with Gasteiger partial charge in [0.25, 0.3) is 0 Å². The van der Waals surface area contributed by atoms with Crippen LogP contribution in [0.5, 0.6) is 0 Å². The molecule has 8 nitrogen and oxygen atoms in total. The molecule has 0 saturated carbocycles. The second kappa shape index (κ2) is 10.4. The Morgan fingerprint density at radius 2 is 1.81 bits per heavy atom. The van der Waals surface area contributed by atoms with Gasteiger partial charge in [0.05, 0.1) is 34.6 Å². The monoisotopic (exact) mass is 486 g/mol. The first-order valence-electron chi connectivity index (χ1n) is 10.2. The van der Waals surface area contributed by atoms with Crippen molar-refractivity contribution in [1.82, 2.24) is 9.44 Å². The SMILES string of the molecule is Cc1ccccc1S(=O)(=O)N[C@@H]1CC[C@H](CCNS(=O)(=O)c2cccc(F)c2)O[C@H]1CO. The van der Waals surface area contributed by atoms with Gasteiger partial charge in [-0.15, -0.1) is 0 Å². The van der Waals surface area contributed by atoms with E-state index in [0.29, 0.717) is 24.8 Å². The summed E-state index contributed by atoms with van der Waals surface area (Å²) >= 11 is 0. The molecule has 176 valence electrons. The molecule has 2 aromatic carbocycles. The molecule has 0 amide bonds. The largest absolute Gasteiger partial charge is 0.394 e. The normalized spacial score (nSPS) is 22.0. The molecule has 0 radical (unpaired) electrons. The number of aliphatic hydroxyl groups is 1. The highest BCUT2D eigenvalue weighted by atomic mass is 32.2. The number of rotatable bonds is 9. The molecule has 11 heteroatoms. The smallest absolute Gasteiger partial charge is 0.241 e. The van der Waals surface area contributed by atoms with Crippen molar-refractivity contribution in [3.05, 3.63) is 59.9 Å². The lowest BCUT2D eigenvalue weighted by molar-refractivity contribution is -0.0869. The van der Waals surface area contributed by atoms with Crippen LogP contribution >= 0.6 is 0 Å². The number of halogens is 1. The topological polar surface area (TPSA) is 122 Å². The van der Waals surface area contributed by atoms with Crippen molar-refractivity contribution in [3.8, 4) is 0 Å². The lowest BCUT2D eigenvalue weighted by Gasteiger charge is -2.36. The van der Waals surface area contributed by atoms with Crippen LogP contribution in [0.15, 0.2) is 58.3 Å². The van der Waals surface area contributed by atoms with Crippen molar-refractivity contribution in [2.24, 2.45) is 0 Å². The molecule has 0 unspecified atom stereocenters. The third-order valence-electron chi connectivity index (χ3n) is 5.35. The summed E-state index contributed by atoms with van der Waals surface area (Å²) in [7, 11) is -7.64. The number of nitrogens with one attached hydrogen (secondary N) is 2. The fraction of sp³-hybridized carbons (Fsp3) is 0.429. The lowest BCUT2D eigenvalue weighted by atomic mass is 9.98. The Morgan fingerprint density at radius 3 is 2.50 bits per heavy atom. The molecular formula is C21H27FN2O6S2. The Bertz CT molecular complexity index is 1140. The van der Waals surface area contributed by atoms with Crippen molar-refractivity contribution in [2.75, 3.05) is 13.2 Å². The summed E-state index contributed by atoms with van der Waals surface area (Å²) in [5.41, 5.74) is 0.612. The average molecular weight is 487 g/mol. The molecule has 0 spiro atoms. The van der Waals surface area contributed by atoms with Crippen molar-refractivity contribution < 1.29 is 31.1 Å². The molecular weight excluding hydrogens is 459 g/mol. The minimum atomic E-state index is -3.86. The van der Waals surface area contributed by atoms with Crippen LogP contribution in [-0.2, 0) is 24.8 Å². The Morgan fingerprint density at radius 1 is 1.06 bits per heavy atom. The molecule has 0 aliphatic carbocycles. The first kappa shape index (κ1) is 24.7. The summed E-state index contributed by atoms with van der Waals surface area (Å²) in [4.78, 5) is 0.00606. The van der Waals surface area contributed by atoms with E-state index in [9.17, 15) is 26.3 Å². The van der Waals surface area contributed by atoms with E-state index >= 15 is 0 Å². The Kier molecular flexibility index (Phi) is 8.01. The van der Waals surface area contributed by atoms with Gasteiger partial charge in [0.2, 0.25) is 20.0 Å². The summed E-state index contributed by atoms with van der Waals surface area (Å²) in [5.74, 6) is -0.645. The molecule has 1 fully saturated rings. The predicted octanol–water partition coefficient (Wildman–Crippen LogP) is 1.69. The maximum atomic E-state index is 13.3. The first-order valence-corrected chi connectivity index (χ1v) is 13.2. The summed E-state index contributed by atoms with van der Waals surface area (Å²) < 4.78 is 74.2. The number of aliphatic hydroxyl groups excluding tert-OH is 1. The van der Waals surface area contributed by atoms with Gasteiger partial charge in [-0.05, 0) is 56.0 Å². The number of aryl methyl sites for hydroxylation is 1. The Labute approximate surface area is 187 Å². The second-order valence-corrected chi connectivity index (χ2v) is 11.1. The van der Waals surface area contributed by atoms with E-state index < -0.39 is 38.0 Å².